The van der Waals surface area contributed by atoms with E-state index in [2.05, 4.69) is 62.3 Å². The van der Waals surface area contributed by atoms with Crippen molar-refractivity contribution in [1.29, 1.82) is 0 Å². The summed E-state index contributed by atoms with van der Waals surface area (Å²) < 4.78 is 25.3. The van der Waals surface area contributed by atoms with Crippen molar-refractivity contribution < 1.29 is 18.8 Å². The fraction of sp³-hybridized carbons (Fsp3) is 0.892. The van der Waals surface area contributed by atoms with Crippen LogP contribution in [0.4, 0.5) is 0 Å². The van der Waals surface area contributed by atoms with Crippen molar-refractivity contribution in [2.75, 3.05) is 7.11 Å². The zero-order chi connectivity index (χ0) is 35.1. The molecular weight excluding hydrogens is 739 g/mol. The number of ether oxygens (including phenoxy) is 1. The molecule has 0 amide bonds. The Morgan fingerprint density at radius 1 is 0.500 bits per heavy atom. The Bertz CT molecular complexity index is 771. The molecule has 0 spiro atoms. The summed E-state index contributed by atoms with van der Waals surface area (Å²) in [4.78, 5) is 12.4. The van der Waals surface area contributed by atoms with Crippen molar-refractivity contribution in [2.24, 2.45) is 35.5 Å². The van der Waals surface area contributed by atoms with E-state index in [1.807, 2.05) is 0 Å². The van der Waals surface area contributed by atoms with Gasteiger partial charge in [-0.1, -0.05) is 0 Å². The fourth-order valence-corrected chi connectivity index (χ4v) is 15.2. The van der Waals surface area contributed by atoms with Crippen molar-refractivity contribution in [1.82, 2.24) is 0 Å². The fourth-order valence-electron chi connectivity index (χ4n) is 5.23. The number of rotatable bonds is 27. The second-order valence-electron chi connectivity index (χ2n) is 14.8. The van der Waals surface area contributed by atoms with Crippen LogP contribution in [0.5, 0.6) is 0 Å². The molecule has 0 aliphatic carbocycles. The van der Waals surface area contributed by atoms with Crippen molar-refractivity contribution >= 4 is 77.4 Å². The third kappa shape index (κ3) is 23.3. The molecule has 0 heterocycles. The van der Waals surface area contributed by atoms with Gasteiger partial charge in [-0.05, 0) is 0 Å². The van der Waals surface area contributed by atoms with Gasteiger partial charge in [0.1, 0.15) is 0 Å². The molecule has 0 aliphatic rings. The van der Waals surface area contributed by atoms with Crippen LogP contribution in [-0.2, 0) is 18.8 Å². The summed E-state index contributed by atoms with van der Waals surface area (Å²) in [5, 5.41) is 1.45. The van der Waals surface area contributed by atoms with E-state index >= 15 is 0 Å². The van der Waals surface area contributed by atoms with Gasteiger partial charge in [0.2, 0.25) is 0 Å². The molecule has 9 heteroatoms. The minimum absolute atomic E-state index is 0.0503. The first-order chi connectivity index (χ1) is 21.6. The summed E-state index contributed by atoms with van der Waals surface area (Å²) in [7, 11) is 1.39. The molecule has 0 aliphatic heterocycles. The molecule has 0 aromatic rings. The number of hydrogen-bond donors (Lipinski definition) is 0. The normalized spacial score (nSPS) is 14.9. The van der Waals surface area contributed by atoms with Crippen LogP contribution < -0.4 is 0 Å². The first-order valence-corrected chi connectivity index (χ1v) is 25.1. The predicted octanol–water partition coefficient (Wildman–Crippen LogP) is 12.2. The molecule has 0 aromatic heterocycles. The summed E-state index contributed by atoms with van der Waals surface area (Å²) in [6.45, 7) is 19.9. The summed E-state index contributed by atoms with van der Waals surface area (Å²) in [6.07, 6.45) is 17.1. The first kappa shape index (κ1) is 45.9. The van der Waals surface area contributed by atoms with Crippen LogP contribution in [0.15, 0.2) is 0 Å². The first-order valence-electron chi connectivity index (χ1n) is 18.4. The maximum absolute atomic E-state index is 12.4. The summed E-state index contributed by atoms with van der Waals surface area (Å²) in [6, 6.07) is 0. The van der Waals surface area contributed by atoms with Crippen LogP contribution in [0.2, 0.25) is 4.44 Å². The molecule has 0 saturated heterocycles. The molecular formula is C37H70O5S3Sn. The van der Waals surface area contributed by atoms with Gasteiger partial charge in [0.15, 0.2) is 0 Å². The van der Waals surface area contributed by atoms with E-state index in [1.165, 1.54) is 64.9 Å². The molecule has 0 radical (unpaired) electrons. The van der Waals surface area contributed by atoms with Crippen molar-refractivity contribution in [2.45, 2.75) is 169 Å². The van der Waals surface area contributed by atoms with Crippen LogP contribution in [0, 0.1) is 35.5 Å². The second-order valence-corrected chi connectivity index (χ2v) is 23.1. The van der Waals surface area contributed by atoms with E-state index in [1.54, 1.807) is 0 Å². The van der Waals surface area contributed by atoms with Gasteiger partial charge in [-0.25, -0.2) is 0 Å². The van der Waals surface area contributed by atoms with Gasteiger partial charge < -0.3 is 0 Å². The van der Waals surface area contributed by atoms with Crippen molar-refractivity contribution in [3.63, 3.8) is 0 Å². The molecule has 270 valence electrons. The van der Waals surface area contributed by atoms with E-state index in [4.69, 9.17) is 50.6 Å². The molecule has 5 nitrogen and oxygen atoms in total. The van der Waals surface area contributed by atoms with Gasteiger partial charge in [0.05, 0.1) is 0 Å². The Labute approximate surface area is 306 Å². The minimum atomic E-state index is -4.69. The van der Waals surface area contributed by atoms with Gasteiger partial charge in [-0.3, -0.25) is 0 Å². The van der Waals surface area contributed by atoms with Gasteiger partial charge in [-0.15, -0.1) is 0 Å². The quantitative estimate of drug-likeness (QED) is 0.0352. The molecule has 0 saturated carbocycles. The summed E-state index contributed by atoms with van der Waals surface area (Å²) in [5.74, 6) is 1.97. The molecule has 0 bridgehead atoms. The van der Waals surface area contributed by atoms with Crippen molar-refractivity contribution in [3.8, 4) is 0 Å². The standard InChI is InChI=1S/3C11H22OS.C4H7O2.Sn/c3*1-9(2)7-5-4-6-8-10(3)11(12)13;1-3-4(5)6-2;/h3*9-10H,4-8H2,1-3H3,(H,12,13);1,3H2,2H3;/q;;;;+3/p-3. The zero-order valence-electron chi connectivity index (χ0n) is 31.3. The number of esters is 1. The zero-order valence-corrected chi connectivity index (χ0v) is 36.6. The number of unbranched alkanes of at least 4 members (excludes halogenated alkanes) is 6. The number of thiocarbonyl (C=S) groups is 3. The third-order valence-corrected chi connectivity index (χ3v) is 18.3. The number of methoxy groups -OCH3 is 1. The monoisotopic (exact) mass is 810 g/mol. The van der Waals surface area contributed by atoms with Gasteiger partial charge in [-0.2, -0.15) is 0 Å². The molecule has 0 rings (SSSR count). The van der Waals surface area contributed by atoms with E-state index < -0.39 is 19.6 Å². The average molecular weight is 810 g/mol. The third-order valence-electron chi connectivity index (χ3n) is 8.59. The van der Waals surface area contributed by atoms with Gasteiger partial charge in [0, 0.05) is 0 Å². The van der Waals surface area contributed by atoms with Crippen LogP contribution in [0.1, 0.15) is 165 Å². The Hall–Kier alpha value is -0.0613. The van der Waals surface area contributed by atoms with E-state index in [9.17, 15) is 4.79 Å². The Kier molecular flexibility index (Phi) is 26.7. The molecule has 3 atom stereocenters. The Morgan fingerprint density at radius 2 is 0.783 bits per heavy atom. The maximum atomic E-state index is 12.4. The van der Waals surface area contributed by atoms with Crippen LogP contribution in [-0.4, -0.2) is 47.9 Å². The van der Waals surface area contributed by atoms with Crippen molar-refractivity contribution in [3.05, 3.63) is 0 Å². The summed E-state index contributed by atoms with van der Waals surface area (Å²) >= 11 is 13.0. The molecule has 46 heavy (non-hydrogen) atoms. The molecule has 0 N–H and O–H groups in total. The van der Waals surface area contributed by atoms with E-state index in [-0.39, 0.29) is 34.6 Å². The summed E-state index contributed by atoms with van der Waals surface area (Å²) in [5.41, 5.74) is 0. The average Bonchev–Trinajstić information content (AvgIpc) is 2.98. The van der Waals surface area contributed by atoms with Gasteiger partial charge >= 0.3 is 308 Å². The SMILES string of the molecule is COC(=O)C[CH2][Sn]([O]C(=S)C(C)CCCCCC(C)C)([O]C(=S)C(C)CCCCCC(C)C)[O]C(=S)C(C)CCCCCC(C)C. The predicted molar refractivity (Wildman–Crippen MR) is 210 cm³/mol. The number of hydrogen-bond acceptors (Lipinski definition) is 8. The number of carbonyl (C=O) groups is 1. The number of carbonyl (C=O) groups excluding carboxylic acids is 1. The Balaban J connectivity index is 5.85. The molecule has 0 aromatic carbocycles. The van der Waals surface area contributed by atoms with Gasteiger partial charge in [0.25, 0.3) is 0 Å². The molecule has 3 unspecified atom stereocenters. The van der Waals surface area contributed by atoms with Crippen LogP contribution >= 0.6 is 36.7 Å². The van der Waals surface area contributed by atoms with Crippen LogP contribution in [0.3, 0.4) is 0 Å². The van der Waals surface area contributed by atoms with Crippen LogP contribution in [0.25, 0.3) is 0 Å². The molecule has 0 fully saturated rings. The second kappa shape index (κ2) is 26.8. The Morgan fingerprint density at radius 3 is 1.04 bits per heavy atom. The van der Waals surface area contributed by atoms with E-state index in [0.717, 1.165) is 56.3 Å². The topological polar surface area (TPSA) is 54.0 Å². The van der Waals surface area contributed by atoms with E-state index in [0.29, 0.717) is 15.2 Å².